The lowest BCUT2D eigenvalue weighted by Gasteiger charge is -2.35. The van der Waals surface area contributed by atoms with E-state index in [9.17, 15) is 9.18 Å². The van der Waals surface area contributed by atoms with Gasteiger partial charge in [0.2, 0.25) is 11.8 Å². The van der Waals surface area contributed by atoms with E-state index in [1.807, 2.05) is 4.90 Å². The number of hydrogen-bond donors (Lipinski definition) is 1. The van der Waals surface area contributed by atoms with Crippen molar-refractivity contribution in [1.82, 2.24) is 34.9 Å². The number of rotatable bonds is 7. The van der Waals surface area contributed by atoms with Crippen LogP contribution in [0.15, 0.2) is 31.0 Å². The first-order valence-corrected chi connectivity index (χ1v) is 14.3. The SMILES string of the molecule is C=CC(=O)N1CCN(c2nc(OC[C@@H]3CN(C)C[C@H]3C)nc3c(Oc4c(Cl)c(F)cc5[nH]ncc45)nc(Cl)cc23)CC1. The molecule has 0 spiro atoms. The Bertz CT molecular complexity index is 1680. The van der Waals surface area contributed by atoms with Crippen LogP contribution in [0.1, 0.15) is 6.92 Å². The Balaban J connectivity index is 1.42. The number of hydrogen-bond acceptors (Lipinski definition) is 9. The molecule has 1 amide bonds. The number of nitrogens with one attached hydrogen (secondary N) is 1. The van der Waals surface area contributed by atoms with E-state index in [-0.39, 0.29) is 33.7 Å². The Labute approximate surface area is 251 Å². The molecule has 0 saturated carbocycles. The number of ether oxygens (including phenoxy) is 2. The van der Waals surface area contributed by atoms with E-state index in [4.69, 9.17) is 42.6 Å². The minimum absolute atomic E-state index is 0.00967. The highest BCUT2D eigenvalue weighted by atomic mass is 35.5. The van der Waals surface area contributed by atoms with Gasteiger partial charge < -0.3 is 24.2 Å². The number of carbonyl (C=O) groups is 1. The van der Waals surface area contributed by atoms with Gasteiger partial charge in [-0.25, -0.2) is 4.39 Å². The molecule has 0 radical (unpaired) electrons. The Morgan fingerprint density at radius 2 is 1.95 bits per heavy atom. The molecular formula is C28H29Cl2FN8O3. The molecule has 1 aromatic carbocycles. The summed E-state index contributed by atoms with van der Waals surface area (Å²) in [6.45, 7) is 10.1. The highest BCUT2D eigenvalue weighted by Gasteiger charge is 2.29. The van der Waals surface area contributed by atoms with E-state index in [0.29, 0.717) is 72.2 Å². The van der Waals surface area contributed by atoms with Gasteiger partial charge in [0.05, 0.1) is 29.1 Å². The fourth-order valence-electron chi connectivity index (χ4n) is 5.57. The third kappa shape index (κ3) is 5.41. The lowest BCUT2D eigenvalue weighted by Crippen LogP contribution is -2.48. The number of halogens is 3. The molecule has 0 aliphatic carbocycles. The van der Waals surface area contributed by atoms with Crippen LogP contribution in [-0.4, -0.2) is 93.8 Å². The normalized spacial score (nSPS) is 19.5. The van der Waals surface area contributed by atoms with Crippen molar-refractivity contribution in [3.8, 4) is 17.6 Å². The Hall–Kier alpha value is -3.74. The fourth-order valence-corrected chi connectivity index (χ4v) is 5.95. The van der Waals surface area contributed by atoms with Gasteiger partial charge in [0.15, 0.2) is 5.75 Å². The van der Waals surface area contributed by atoms with Crippen LogP contribution in [0.25, 0.3) is 21.8 Å². The van der Waals surface area contributed by atoms with Crippen LogP contribution in [0.2, 0.25) is 10.2 Å². The molecule has 2 saturated heterocycles. The minimum atomic E-state index is -0.684. The number of amides is 1. The van der Waals surface area contributed by atoms with E-state index in [2.05, 4.69) is 40.6 Å². The molecule has 220 valence electrons. The summed E-state index contributed by atoms with van der Waals surface area (Å²) in [7, 11) is 2.09. The highest BCUT2D eigenvalue weighted by molar-refractivity contribution is 6.33. The van der Waals surface area contributed by atoms with Crippen molar-refractivity contribution in [3.63, 3.8) is 0 Å². The molecule has 2 aliphatic rings. The summed E-state index contributed by atoms with van der Waals surface area (Å²) in [5.74, 6) is 0.557. The monoisotopic (exact) mass is 614 g/mol. The van der Waals surface area contributed by atoms with E-state index < -0.39 is 5.82 Å². The summed E-state index contributed by atoms with van der Waals surface area (Å²) >= 11 is 12.8. The average molecular weight is 615 g/mol. The van der Waals surface area contributed by atoms with Crippen molar-refractivity contribution in [2.75, 3.05) is 57.8 Å². The topological polar surface area (TPSA) is 113 Å². The van der Waals surface area contributed by atoms with Gasteiger partial charge in [0.25, 0.3) is 0 Å². The number of anilines is 1. The number of nitrogens with zero attached hydrogens (tertiary/aromatic N) is 7. The van der Waals surface area contributed by atoms with Gasteiger partial charge in [0, 0.05) is 51.3 Å². The Morgan fingerprint density at radius 3 is 2.67 bits per heavy atom. The molecule has 0 bridgehead atoms. The van der Waals surface area contributed by atoms with E-state index >= 15 is 0 Å². The lowest BCUT2D eigenvalue weighted by atomic mass is 9.99. The number of pyridine rings is 1. The number of fused-ring (bicyclic) bond motifs is 2. The Kier molecular flexibility index (Phi) is 7.77. The minimum Gasteiger partial charge on any atom is -0.463 e. The van der Waals surface area contributed by atoms with Crippen LogP contribution in [0.5, 0.6) is 17.6 Å². The highest BCUT2D eigenvalue weighted by Crippen LogP contribution is 2.41. The van der Waals surface area contributed by atoms with Crippen LogP contribution in [0.4, 0.5) is 10.2 Å². The van der Waals surface area contributed by atoms with Gasteiger partial charge in [-0.1, -0.05) is 36.7 Å². The van der Waals surface area contributed by atoms with Crippen LogP contribution in [0.3, 0.4) is 0 Å². The molecule has 2 aliphatic heterocycles. The van der Waals surface area contributed by atoms with Gasteiger partial charge >= 0.3 is 6.01 Å². The predicted molar refractivity (Wildman–Crippen MR) is 158 cm³/mol. The molecule has 6 rings (SSSR count). The number of aromatic amines is 1. The number of H-pyrrole nitrogens is 1. The lowest BCUT2D eigenvalue weighted by molar-refractivity contribution is -0.126. The van der Waals surface area contributed by atoms with Crippen LogP contribution in [-0.2, 0) is 4.79 Å². The van der Waals surface area contributed by atoms with Gasteiger partial charge in [-0.2, -0.15) is 20.1 Å². The number of carbonyl (C=O) groups excluding carboxylic acids is 1. The van der Waals surface area contributed by atoms with Crippen LogP contribution >= 0.6 is 23.2 Å². The van der Waals surface area contributed by atoms with Gasteiger partial charge in [-0.15, -0.1) is 0 Å². The maximum Gasteiger partial charge on any atom is 0.319 e. The van der Waals surface area contributed by atoms with Gasteiger partial charge in [-0.3, -0.25) is 9.89 Å². The standard InChI is InChI=1S/C28H29Cl2FN8O3/c1-4-22(40)38-5-7-39(8-6-38)26-17-9-21(29)33-27(42-25-18-11-32-36-20(18)10-19(31)23(25)30)24(17)34-28(35-26)41-14-16-13-37(3)12-15(16)2/h4,9-11,15-16H,1,5-8,12-14H2,2-3H3,(H,32,36)/t15-,16+/m1/s1. The third-order valence-electron chi connectivity index (χ3n) is 7.81. The molecule has 42 heavy (non-hydrogen) atoms. The zero-order valence-electron chi connectivity index (χ0n) is 23.1. The van der Waals surface area contributed by atoms with Crippen molar-refractivity contribution in [1.29, 1.82) is 0 Å². The molecule has 4 aromatic rings. The molecular weight excluding hydrogens is 586 g/mol. The molecule has 2 atom stereocenters. The van der Waals surface area contributed by atoms with Crippen molar-refractivity contribution in [3.05, 3.63) is 47.0 Å². The first-order valence-electron chi connectivity index (χ1n) is 13.6. The number of piperazine rings is 1. The second-order valence-electron chi connectivity index (χ2n) is 10.7. The second kappa shape index (κ2) is 11.5. The first-order chi connectivity index (χ1) is 20.2. The predicted octanol–water partition coefficient (Wildman–Crippen LogP) is 4.55. The third-order valence-corrected chi connectivity index (χ3v) is 8.36. The number of likely N-dealkylation sites (tertiary alicyclic amines) is 1. The van der Waals surface area contributed by atoms with Crippen LogP contribution < -0.4 is 14.4 Å². The Morgan fingerprint density at radius 1 is 1.17 bits per heavy atom. The van der Waals surface area contributed by atoms with Crippen molar-refractivity contribution >= 4 is 56.7 Å². The summed E-state index contributed by atoms with van der Waals surface area (Å²) in [4.78, 5) is 32.1. The molecule has 0 unspecified atom stereocenters. The van der Waals surface area contributed by atoms with Crippen molar-refractivity contribution in [2.45, 2.75) is 6.92 Å². The molecule has 3 aromatic heterocycles. The molecule has 2 fully saturated rings. The summed E-state index contributed by atoms with van der Waals surface area (Å²) in [5.41, 5.74) is 0.720. The van der Waals surface area contributed by atoms with Crippen molar-refractivity contribution in [2.24, 2.45) is 11.8 Å². The summed E-state index contributed by atoms with van der Waals surface area (Å²) < 4.78 is 27.0. The smallest absolute Gasteiger partial charge is 0.319 e. The summed E-state index contributed by atoms with van der Waals surface area (Å²) in [6, 6.07) is 3.04. The first kappa shape index (κ1) is 28.4. The van der Waals surface area contributed by atoms with E-state index in [0.717, 1.165) is 13.1 Å². The molecule has 5 heterocycles. The second-order valence-corrected chi connectivity index (χ2v) is 11.5. The maximum atomic E-state index is 14.7. The summed E-state index contributed by atoms with van der Waals surface area (Å²) in [5, 5.41) is 7.63. The van der Waals surface area contributed by atoms with Crippen molar-refractivity contribution < 1.29 is 18.7 Å². The maximum absolute atomic E-state index is 14.7. The summed E-state index contributed by atoms with van der Waals surface area (Å²) in [6.07, 6.45) is 2.80. The zero-order chi connectivity index (χ0) is 29.5. The molecule has 1 N–H and O–H groups in total. The fraction of sp³-hybridized carbons (Fsp3) is 0.393. The largest absolute Gasteiger partial charge is 0.463 e. The number of aromatic nitrogens is 5. The zero-order valence-corrected chi connectivity index (χ0v) is 24.6. The molecule has 14 heteroatoms. The quantitative estimate of drug-likeness (QED) is 0.236. The number of benzene rings is 1. The average Bonchev–Trinajstić information content (AvgIpc) is 3.58. The molecule has 11 nitrogen and oxygen atoms in total. The van der Waals surface area contributed by atoms with Gasteiger partial charge in [-0.05, 0) is 25.1 Å². The van der Waals surface area contributed by atoms with E-state index in [1.165, 1.54) is 18.3 Å². The van der Waals surface area contributed by atoms with E-state index in [1.54, 1.807) is 11.0 Å². The van der Waals surface area contributed by atoms with Gasteiger partial charge in [0.1, 0.15) is 27.3 Å². The van der Waals surface area contributed by atoms with Crippen LogP contribution in [0, 0.1) is 17.7 Å².